The average molecular weight is 631 g/mol. The molecule has 1 aliphatic carbocycles. The Bertz CT molecular complexity index is 1380. The first-order valence-corrected chi connectivity index (χ1v) is 13.6. The van der Waals surface area contributed by atoms with Gasteiger partial charge < -0.3 is 15.6 Å². The second-order valence-corrected chi connectivity index (χ2v) is 11.5. The van der Waals surface area contributed by atoms with Gasteiger partial charge in [-0.2, -0.15) is 0 Å². The average Bonchev–Trinajstić information content (AvgIpc) is 3.17. The number of nitrogens with zero attached hydrogens (tertiary/aromatic N) is 2. The SMILES string of the molecule is Cn1cc(-c2cc(C(=O)NCC3CCCC(CN)C3)c3ccc(I)cc3n2)c2cc(Br)ccc21. The number of pyridine rings is 1. The highest BCUT2D eigenvalue weighted by Crippen LogP contribution is 2.34. The highest BCUT2D eigenvalue weighted by Gasteiger charge is 2.23. The molecule has 0 bridgehead atoms. The van der Waals surface area contributed by atoms with Crippen LogP contribution in [0.15, 0.2) is 53.1 Å². The molecule has 34 heavy (non-hydrogen) atoms. The van der Waals surface area contributed by atoms with Crippen molar-refractivity contribution < 1.29 is 4.79 Å². The summed E-state index contributed by atoms with van der Waals surface area (Å²) in [5.74, 6) is 1.04. The van der Waals surface area contributed by atoms with E-state index in [0.717, 1.165) is 60.5 Å². The zero-order valence-electron chi connectivity index (χ0n) is 19.2. The second kappa shape index (κ2) is 9.95. The van der Waals surface area contributed by atoms with E-state index in [9.17, 15) is 4.79 Å². The molecule has 2 heterocycles. The lowest BCUT2D eigenvalue weighted by Gasteiger charge is -2.28. The first kappa shape index (κ1) is 23.8. The summed E-state index contributed by atoms with van der Waals surface area (Å²) in [6.07, 6.45) is 6.75. The van der Waals surface area contributed by atoms with Gasteiger partial charge in [-0.05, 0) is 96.6 Å². The molecular formula is C27H28BrIN4O. The van der Waals surface area contributed by atoms with Crippen molar-refractivity contribution in [3.63, 3.8) is 0 Å². The number of benzene rings is 2. The fourth-order valence-corrected chi connectivity index (χ4v) is 6.07. The van der Waals surface area contributed by atoms with E-state index in [1.165, 1.54) is 12.8 Å². The second-order valence-electron chi connectivity index (χ2n) is 9.38. The Morgan fingerprint density at radius 1 is 1.18 bits per heavy atom. The van der Waals surface area contributed by atoms with E-state index in [1.54, 1.807) is 0 Å². The number of aromatic nitrogens is 2. The third-order valence-electron chi connectivity index (χ3n) is 7.02. The molecule has 0 saturated heterocycles. The summed E-state index contributed by atoms with van der Waals surface area (Å²) in [4.78, 5) is 18.5. The van der Waals surface area contributed by atoms with Gasteiger partial charge in [-0.25, -0.2) is 4.98 Å². The molecule has 0 spiro atoms. The Morgan fingerprint density at radius 3 is 2.82 bits per heavy atom. The van der Waals surface area contributed by atoms with Gasteiger partial charge in [0.15, 0.2) is 0 Å². The lowest BCUT2D eigenvalue weighted by molar-refractivity contribution is 0.0942. The summed E-state index contributed by atoms with van der Waals surface area (Å²) < 4.78 is 4.22. The minimum absolute atomic E-state index is 0.0360. The maximum absolute atomic E-state index is 13.5. The van der Waals surface area contributed by atoms with E-state index >= 15 is 0 Å². The van der Waals surface area contributed by atoms with Crippen LogP contribution in [-0.2, 0) is 7.05 Å². The van der Waals surface area contributed by atoms with Gasteiger partial charge in [-0.1, -0.05) is 28.4 Å². The number of hydrogen-bond donors (Lipinski definition) is 2. The molecule has 4 aromatic rings. The van der Waals surface area contributed by atoms with Crippen LogP contribution in [0.4, 0.5) is 0 Å². The van der Waals surface area contributed by atoms with Crippen molar-refractivity contribution in [3.05, 3.63) is 62.3 Å². The number of nitrogens with one attached hydrogen (secondary N) is 1. The normalized spacial score (nSPS) is 18.5. The fraction of sp³-hybridized carbons (Fsp3) is 0.333. The van der Waals surface area contributed by atoms with Crippen LogP contribution in [0.2, 0.25) is 0 Å². The molecule has 0 radical (unpaired) electrons. The number of rotatable bonds is 5. The van der Waals surface area contributed by atoms with Crippen molar-refractivity contribution in [3.8, 4) is 11.3 Å². The van der Waals surface area contributed by atoms with Gasteiger partial charge >= 0.3 is 0 Å². The molecule has 2 aromatic carbocycles. The molecule has 1 saturated carbocycles. The minimum atomic E-state index is -0.0360. The highest BCUT2D eigenvalue weighted by atomic mass is 127. The van der Waals surface area contributed by atoms with Crippen LogP contribution in [0, 0.1) is 15.4 Å². The zero-order valence-corrected chi connectivity index (χ0v) is 22.9. The van der Waals surface area contributed by atoms with Gasteiger partial charge in [-0.15, -0.1) is 0 Å². The Labute approximate surface area is 221 Å². The van der Waals surface area contributed by atoms with Crippen LogP contribution in [0.3, 0.4) is 0 Å². The molecular weight excluding hydrogens is 603 g/mol. The van der Waals surface area contributed by atoms with Crippen molar-refractivity contribution in [1.82, 2.24) is 14.9 Å². The lowest BCUT2D eigenvalue weighted by Crippen LogP contribution is -2.33. The first-order valence-electron chi connectivity index (χ1n) is 11.8. The molecule has 2 aromatic heterocycles. The van der Waals surface area contributed by atoms with Crippen LogP contribution in [0.1, 0.15) is 36.0 Å². The Kier molecular flexibility index (Phi) is 6.95. The summed E-state index contributed by atoms with van der Waals surface area (Å²) in [5.41, 5.74) is 10.4. The highest BCUT2D eigenvalue weighted by molar-refractivity contribution is 14.1. The molecule has 5 rings (SSSR count). The summed E-state index contributed by atoms with van der Waals surface area (Å²) >= 11 is 5.90. The first-order chi connectivity index (χ1) is 16.4. The van der Waals surface area contributed by atoms with Gasteiger partial charge in [0, 0.05) is 49.7 Å². The van der Waals surface area contributed by atoms with E-state index in [4.69, 9.17) is 10.7 Å². The monoisotopic (exact) mass is 630 g/mol. The summed E-state index contributed by atoms with van der Waals surface area (Å²) in [5, 5.41) is 5.22. The molecule has 176 valence electrons. The Hall–Kier alpha value is -1.97. The third-order valence-corrected chi connectivity index (χ3v) is 8.18. The number of carbonyl (C=O) groups excluding carboxylic acids is 1. The quantitative estimate of drug-likeness (QED) is 0.256. The predicted octanol–water partition coefficient (Wildman–Crippen LogP) is 6.26. The van der Waals surface area contributed by atoms with Crippen LogP contribution in [-0.4, -0.2) is 28.5 Å². The van der Waals surface area contributed by atoms with E-state index < -0.39 is 0 Å². The number of amides is 1. The molecule has 1 fully saturated rings. The number of fused-ring (bicyclic) bond motifs is 2. The fourth-order valence-electron chi connectivity index (χ4n) is 5.23. The number of nitrogens with two attached hydrogens (primary N) is 1. The molecule has 3 N–H and O–H groups in total. The summed E-state index contributed by atoms with van der Waals surface area (Å²) in [7, 11) is 2.04. The topological polar surface area (TPSA) is 72.9 Å². The van der Waals surface area contributed by atoms with Crippen LogP contribution in [0.5, 0.6) is 0 Å². The molecule has 2 unspecified atom stereocenters. The summed E-state index contributed by atoms with van der Waals surface area (Å²) in [6.45, 7) is 1.43. The third kappa shape index (κ3) is 4.75. The van der Waals surface area contributed by atoms with Crippen LogP contribution >= 0.6 is 38.5 Å². The van der Waals surface area contributed by atoms with E-state index in [1.807, 2.05) is 37.4 Å². The van der Waals surface area contributed by atoms with E-state index in [2.05, 4.69) is 66.7 Å². The standard InChI is InChI=1S/C27H28BrIN4O/c1-33-15-23(21-10-18(28)5-8-26(21)33)25-12-22(20-7-6-19(29)11-24(20)32-25)27(34)31-14-17-4-2-3-16(9-17)13-30/h5-8,10-12,15-17H,2-4,9,13-14,30H2,1H3,(H,31,34). The molecule has 7 heteroatoms. The van der Waals surface area contributed by atoms with Gasteiger partial charge in [0.2, 0.25) is 0 Å². The minimum Gasteiger partial charge on any atom is -0.352 e. The van der Waals surface area contributed by atoms with Crippen molar-refractivity contribution in [1.29, 1.82) is 0 Å². The Morgan fingerprint density at radius 2 is 2.00 bits per heavy atom. The lowest BCUT2D eigenvalue weighted by atomic mass is 9.81. The van der Waals surface area contributed by atoms with Crippen molar-refractivity contribution in [2.75, 3.05) is 13.1 Å². The van der Waals surface area contributed by atoms with Gasteiger partial charge in [-0.3, -0.25) is 4.79 Å². The van der Waals surface area contributed by atoms with Crippen molar-refractivity contribution >= 4 is 66.2 Å². The van der Waals surface area contributed by atoms with E-state index in [0.29, 0.717) is 23.9 Å². The Balaban J connectivity index is 1.53. The number of halogens is 2. The molecule has 5 nitrogen and oxygen atoms in total. The predicted molar refractivity (Wildman–Crippen MR) is 151 cm³/mol. The van der Waals surface area contributed by atoms with Crippen molar-refractivity contribution in [2.24, 2.45) is 24.6 Å². The number of carbonyl (C=O) groups is 1. The van der Waals surface area contributed by atoms with Crippen molar-refractivity contribution in [2.45, 2.75) is 25.7 Å². The number of hydrogen-bond acceptors (Lipinski definition) is 3. The van der Waals surface area contributed by atoms with Gasteiger partial charge in [0.25, 0.3) is 5.91 Å². The maximum Gasteiger partial charge on any atom is 0.252 e. The van der Waals surface area contributed by atoms with Crippen LogP contribution in [0.25, 0.3) is 33.1 Å². The molecule has 2 atom stereocenters. The largest absolute Gasteiger partial charge is 0.352 e. The smallest absolute Gasteiger partial charge is 0.252 e. The molecule has 1 aliphatic rings. The van der Waals surface area contributed by atoms with E-state index in [-0.39, 0.29) is 5.91 Å². The summed E-state index contributed by atoms with van der Waals surface area (Å²) in [6, 6.07) is 14.3. The zero-order chi connectivity index (χ0) is 23.8. The molecule has 1 amide bonds. The van der Waals surface area contributed by atoms with Crippen LogP contribution < -0.4 is 11.1 Å². The van der Waals surface area contributed by atoms with Gasteiger partial charge in [0.05, 0.1) is 16.8 Å². The van der Waals surface area contributed by atoms with Gasteiger partial charge in [0.1, 0.15) is 0 Å². The maximum atomic E-state index is 13.5. The number of aryl methyl sites for hydroxylation is 1. The molecule has 0 aliphatic heterocycles.